The lowest BCUT2D eigenvalue weighted by atomic mass is 10.2. The Hall–Kier alpha value is -1.00. The van der Waals surface area contributed by atoms with E-state index in [9.17, 15) is 0 Å². The lowest BCUT2D eigenvalue weighted by Gasteiger charge is -2.19. The van der Waals surface area contributed by atoms with Crippen molar-refractivity contribution in [3.05, 3.63) is 29.8 Å². The third-order valence-corrected chi connectivity index (χ3v) is 3.40. The maximum Gasteiger partial charge on any atom is 0.515 e. The first kappa shape index (κ1) is 14.1. The molecule has 3 nitrogen and oxygen atoms in total. The number of rotatable bonds is 7. The predicted molar refractivity (Wildman–Crippen MR) is 73.1 cm³/mol. The van der Waals surface area contributed by atoms with E-state index in [-0.39, 0.29) is 0 Å². The van der Waals surface area contributed by atoms with Gasteiger partial charge in [0.25, 0.3) is 0 Å². The largest absolute Gasteiger partial charge is 0.515 e. The molecule has 1 aromatic carbocycles. The van der Waals surface area contributed by atoms with E-state index < -0.39 is 5.97 Å². The zero-order valence-electron chi connectivity index (χ0n) is 10.4. The molecule has 0 amide bonds. The molecule has 0 bridgehead atoms. The van der Waals surface area contributed by atoms with Gasteiger partial charge >= 0.3 is 5.97 Å². The lowest BCUT2D eigenvalue weighted by Crippen LogP contribution is -2.17. The minimum absolute atomic E-state index is 0.451. The molecule has 0 saturated heterocycles. The number of carboxylic acid groups (broad SMARTS) is 1. The van der Waals surface area contributed by atoms with Gasteiger partial charge in [-0.3, -0.25) is 0 Å². The van der Waals surface area contributed by atoms with Gasteiger partial charge in [-0.2, -0.15) is 0 Å². The first-order valence-corrected chi connectivity index (χ1v) is 6.73. The summed E-state index contributed by atoms with van der Waals surface area (Å²) in [5.41, 5.74) is 0.451. The summed E-state index contributed by atoms with van der Waals surface area (Å²) in [6, 6.07) is 7.25. The molecule has 0 unspecified atom stereocenters. The average Bonchev–Trinajstić information content (AvgIpc) is 2.30. The Kier molecular flexibility index (Phi) is 6.08. The van der Waals surface area contributed by atoms with Crippen LogP contribution in [0.4, 0.5) is 0 Å². The Balaban J connectivity index is 2.62. The minimum Gasteiger partial charge on any atom is -0.335 e. The number of hydrogen-bond donors (Lipinski definition) is 1. The Morgan fingerprint density at radius 1 is 1.18 bits per heavy atom. The molecular weight excluding hydrogens is 234 g/mol. The molecule has 1 rings (SSSR count). The molecule has 0 aliphatic rings. The monoisotopic (exact) mass is 254 g/mol. The first-order valence-electron chi connectivity index (χ1n) is 5.95. The van der Waals surface area contributed by atoms with Crippen LogP contribution in [0.25, 0.3) is 0 Å². The molecule has 4 heteroatoms. The highest BCUT2D eigenvalue weighted by Crippen LogP contribution is 2.23. The molecule has 2 N–H and O–H groups in total. The van der Waals surface area contributed by atoms with Gasteiger partial charge in [0.05, 0.1) is 0 Å². The van der Waals surface area contributed by atoms with Crippen LogP contribution in [0.15, 0.2) is 29.2 Å². The molecule has 0 aromatic heterocycles. The average molecular weight is 254 g/mol. The topological polar surface area (TPSA) is 44.9 Å². The van der Waals surface area contributed by atoms with Gasteiger partial charge in [-0.15, -0.1) is 0 Å². The zero-order valence-corrected chi connectivity index (χ0v) is 11.2. The second-order valence-corrected chi connectivity index (χ2v) is 5.04. The molecule has 0 aliphatic carbocycles. The normalized spacial score (nSPS) is 10.8. The van der Waals surface area contributed by atoms with E-state index in [1.807, 2.05) is 12.1 Å². The molecule has 0 heterocycles. The Morgan fingerprint density at radius 3 is 2.12 bits per heavy atom. The van der Waals surface area contributed by atoms with Crippen LogP contribution in [0, 0.1) is 0 Å². The smallest absolute Gasteiger partial charge is 0.335 e. The maximum atomic E-state index is 8.92. The van der Waals surface area contributed by atoms with Gasteiger partial charge in [-0.25, -0.2) is 4.31 Å². The van der Waals surface area contributed by atoms with Crippen LogP contribution < -0.4 is 0 Å². The molecule has 0 spiro atoms. The molecule has 0 fully saturated rings. The summed E-state index contributed by atoms with van der Waals surface area (Å²) in [5, 5.41) is 8.92. The quantitative estimate of drug-likeness (QED) is 0.600. The van der Waals surface area contributed by atoms with Gasteiger partial charge in [-0.05, 0) is 49.1 Å². The van der Waals surface area contributed by atoms with Crippen molar-refractivity contribution in [1.29, 1.82) is 0 Å². The molecule has 1 aromatic rings. The summed E-state index contributed by atoms with van der Waals surface area (Å²) in [5.74, 6) is -0.625. The van der Waals surface area contributed by atoms with Crippen LogP contribution in [-0.4, -0.2) is 33.3 Å². The van der Waals surface area contributed by atoms with Crippen molar-refractivity contribution in [3.8, 4) is 0 Å². The molecule has 17 heavy (non-hydrogen) atoms. The molecule has 0 aliphatic heterocycles. The summed E-state index contributed by atoms with van der Waals surface area (Å²) in [6.45, 7) is 6.48. The zero-order chi connectivity index (χ0) is 12.7. The lowest BCUT2D eigenvalue weighted by molar-refractivity contribution is 0.463. The number of carboxylic acids is 1. The minimum atomic E-state index is -0.625. The van der Waals surface area contributed by atoms with Gasteiger partial charge < -0.3 is 9.90 Å². The highest BCUT2D eigenvalue weighted by molar-refractivity contribution is 7.97. The number of nitrogens with zero attached hydrogens (tertiary/aromatic N) is 1. The van der Waals surface area contributed by atoms with E-state index in [2.05, 4.69) is 18.2 Å². The van der Waals surface area contributed by atoms with Gasteiger partial charge in [-0.1, -0.05) is 13.8 Å². The second-order valence-electron chi connectivity index (χ2n) is 3.87. The highest BCUT2D eigenvalue weighted by atomic mass is 32.2. The van der Waals surface area contributed by atoms with Crippen molar-refractivity contribution in [2.24, 2.45) is 0 Å². The van der Waals surface area contributed by atoms with Gasteiger partial charge in [0.2, 0.25) is 0 Å². The van der Waals surface area contributed by atoms with E-state index >= 15 is 0 Å². The standard InChI is InChI=1S/C13H19NO2S/c1-3-9-14(10-4-2)17-12-7-5-11(6-8-12)13(15)16/h5-8H,3-4,9-10H2,1-2H3,(H,15,16)/p+1. The fourth-order valence-electron chi connectivity index (χ4n) is 1.52. The van der Waals surface area contributed by atoms with Crippen LogP contribution in [0.5, 0.6) is 0 Å². The highest BCUT2D eigenvalue weighted by Gasteiger charge is 2.10. The first-order chi connectivity index (χ1) is 8.17. The van der Waals surface area contributed by atoms with E-state index in [1.54, 1.807) is 24.1 Å². The molecular formula is C13H20NO2S+. The van der Waals surface area contributed by atoms with Crippen LogP contribution >= 0.6 is 11.9 Å². The number of aromatic carboxylic acids is 1. The SMILES string of the molecule is CCCN(CCC)Sc1ccc(C(O)=[OH+])cc1. The third-order valence-electron chi connectivity index (χ3n) is 2.29. The van der Waals surface area contributed by atoms with Crippen molar-refractivity contribution < 1.29 is 9.90 Å². The van der Waals surface area contributed by atoms with Crippen molar-refractivity contribution >= 4 is 17.9 Å². The molecule has 0 radical (unpaired) electrons. The second kappa shape index (κ2) is 7.35. The van der Waals surface area contributed by atoms with E-state index in [0.717, 1.165) is 30.8 Å². The third kappa shape index (κ3) is 4.79. The molecule has 0 atom stereocenters. The Morgan fingerprint density at radius 2 is 1.71 bits per heavy atom. The van der Waals surface area contributed by atoms with Crippen LogP contribution in [-0.2, 0) is 0 Å². The Bertz CT molecular complexity index is 345. The van der Waals surface area contributed by atoms with E-state index in [4.69, 9.17) is 9.90 Å². The summed E-state index contributed by atoms with van der Waals surface area (Å²) in [4.78, 5) is 10.0. The molecule has 0 saturated carbocycles. The van der Waals surface area contributed by atoms with E-state index in [1.165, 1.54) is 0 Å². The Labute approximate surface area is 107 Å². The number of benzene rings is 1. The van der Waals surface area contributed by atoms with Crippen LogP contribution in [0.3, 0.4) is 0 Å². The van der Waals surface area contributed by atoms with Crippen molar-refractivity contribution in [2.45, 2.75) is 31.6 Å². The fourth-order valence-corrected chi connectivity index (χ4v) is 2.62. The summed E-state index contributed by atoms with van der Waals surface area (Å²) in [6.07, 6.45) is 2.27. The molecule has 94 valence electrons. The fraction of sp³-hybridized carbons (Fsp3) is 0.462. The van der Waals surface area contributed by atoms with Gasteiger partial charge in [0.1, 0.15) is 5.56 Å². The van der Waals surface area contributed by atoms with Crippen LogP contribution in [0.2, 0.25) is 0 Å². The number of hydrogen-bond acceptors (Lipinski definition) is 2. The maximum absolute atomic E-state index is 8.92. The van der Waals surface area contributed by atoms with Crippen LogP contribution in [0.1, 0.15) is 32.3 Å². The van der Waals surface area contributed by atoms with Crippen molar-refractivity contribution in [3.63, 3.8) is 0 Å². The van der Waals surface area contributed by atoms with Gasteiger partial charge in [0.15, 0.2) is 0 Å². The van der Waals surface area contributed by atoms with Gasteiger partial charge in [0, 0.05) is 18.0 Å². The predicted octanol–water partition coefficient (Wildman–Crippen LogP) is 3.22. The van der Waals surface area contributed by atoms with E-state index in [0.29, 0.717) is 5.56 Å². The summed E-state index contributed by atoms with van der Waals surface area (Å²) < 4.78 is 2.33. The summed E-state index contributed by atoms with van der Waals surface area (Å²) in [7, 11) is 0. The van der Waals surface area contributed by atoms with Crippen molar-refractivity contribution in [2.75, 3.05) is 13.1 Å². The van der Waals surface area contributed by atoms with Crippen molar-refractivity contribution in [1.82, 2.24) is 4.31 Å². The number of aliphatic hydroxyl groups excluding tert-OH is 1. The summed E-state index contributed by atoms with van der Waals surface area (Å²) >= 11 is 1.72.